The Morgan fingerprint density at radius 1 is 1.25 bits per heavy atom. The lowest BCUT2D eigenvalue weighted by atomic mass is 9.80. The van der Waals surface area contributed by atoms with E-state index in [-0.39, 0.29) is 23.9 Å². The second kappa shape index (κ2) is 6.81. The number of carboxylic acid groups (broad SMARTS) is 1. The smallest absolute Gasteiger partial charge is 0.407 e. The van der Waals surface area contributed by atoms with Gasteiger partial charge in [0.25, 0.3) is 5.91 Å². The number of carbonyl (C=O) groups is 2. The average molecular weight is 398 g/mol. The molecule has 0 radical (unpaired) electrons. The molecule has 6 nitrogen and oxygen atoms in total. The van der Waals surface area contributed by atoms with Gasteiger partial charge < -0.3 is 20.6 Å². The van der Waals surface area contributed by atoms with Crippen LogP contribution in [0.2, 0.25) is 0 Å². The van der Waals surface area contributed by atoms with E-state index in [0.717, 1.165) is 24.2 Å². The number of anilines is 1. The van der Waals surface area contributed by atoms with Crippen molar-refractivity contribution in [3.63, 3.8) is 0 Å². The van der Waals surface area contributed by atoms with Gasteiger partial charge in [-0.05, 0) is 71.3 Å². The Balaban J connectivity index is 1.50. The summed E-state index contributed by atoms with van der Waals surface area (Å²) >= 11 is 1.65. The van der Waals surface area contributed by atoms with E-state index in [0.29, 0.717) is 18.0 Å². The molecule has 2 aliphatic heterocycles. The molecule has 3 N–H and O–H groups in total. The van der Waals surface area contributed by atoms with Crippen LogP contribution in [0.15, 0.2) is 35.0 Å². The molecule has 1 aromatic carbocycles. The van der Waals surface area contributed by atoms with Gasteiger partial charge in [0, 0.05) is 30.3 Å². The van der Waals surface area contributed by atoms with Crippen molar-refractivity contribution in [3.05, 3.63) is 51.7 Å². The summed E-state index contributed by atoms with van der Waals surface area (Å²) < 4.78 is 0. The quantitative estimate of drug-likeness (QED) is 0.726. The zero-order chi connectivity index (χ0) is 19.3. The molecule has 1 saturated heterocycles. The monoisotopic (exact) mass is 397 g/mol. The van der Waals surface area contributed by atoms with E-state index in [1.807, 2.05) is 18.2 Å². The maximum atomic E-state index is 12.6. The topological polar surface area (TPSA) is 81.7 Å². The van der Waals surface area contributed by atoms with Gasteiger partial charge in [-0.25, -0.2) is 4.79 Å². The van der Waals surface area contributed by atoms with Crippen LogP contribution in [0.3, 0.4) is 0 Å². The molecular formula is C21H23N3O3S. The van der Waals surface area contributed by atoms with E-state index in [1.54, 1.807) is 11.3 Å². The van der Waals surface area contributed by atoms with Gasteiger partial charge in [-0.2, -0.15) is 11.3 Å². The molecule has 28 heavy (non-hydrogen) atoms. The third-order valence-electron chi connectivity index (χ3n) is 6.21. The maximum absolute atomic E-state index is 12.6. The molecule has 2 fully saturated rings. The zero-order valence-corrected chi connectivity index (χ0v) is 16.2. The molecule has 2 amide bonds. The molecule has 3 atom stereocenters. The Hall–Kier alpha value is -2.54. The van der Waals surface area contributed by atoms with Crippen LogP contribution in [0.4, 0.5) is 10.5 Å². The number of nitrogens with one attached hydrogen (secondary N) is 2. The van der Waals surface area contributed by atoms with Crippen LogP contribution in [0, 0.1) is 11.8 Å². The predicted molar refractivity (Wildman–Crippen MR) is 108 cm³/mol. The van der Waals surface area contributed by atoms with E-state index < -0.39 is 6.09 Å². The summed E-state index contributed by atoms with van der Waals surface area (Å²) in [6.45, 7) is 1.24. The van der Waals surface area contributed by atoms with Crippen LogP contribution in [0.25, 0.3) is 0 Å². The number of carbonyl (C=O) groups excluding carboxylic acids is 1. The van der Waals surface area contributed by atoms with Crippen molar-refractivity contribution < 1.29 is 14.7 Å². The van der Waals surface area contributed by atoms with Crippen molar-refractivity contribution >= 4 is 29.0 Å². The van der Waals surface area contributed by atoms with Crippen LogP contribution in [0.5, 0.6) is 0 Å². The molecule has 7 heteroatoms. The Bertz CT molecular complexity index is 910. The number of fused-ring (bicyclic) bond motifs is 3. The molecule has 0 spiro atoms. The number of hydrogen-bond acceptors (Lipinski definition) is 4. The largest absolute Gasteiger partial charge is 0.465 e. The van der Waals surface area contributed by atoms with E-state index >= 15 is 0 Å². The summed E-state index contributed by atoms with van der Waals surface area (Å²) in [5, 5.41) is 20.6. The van der Waals surface area contributed by atoms with Crippen molar-refractivity contribution in [2.75, 3.05) is 18.4 Å². The highest BCUT2D eigenvalue weighted by molar-refractivity contribution is 7.08. The number of thiophene rings is 1. The fourth-order valence-corrected chi connectivity index (χ4v) is 5.27. The van der Waals surface area contributed by atoms with Gasteiger partial charge in [0.15, 0.2) is 0 Å². The van der Waals surface area contributed by atoms with Gasteiger partial charge in [-0.15, -0.1) is 0 Å². The fourth-order valence-electron chi connectivity index (χ4n) is 4.58. The Labute approximate surface area is 167 Å². The first-order chi connectivity index (χ1) is 13.6. The summed E-state index contributed by atoms with van der Waals surface area (Å²) in [5.41, 5.74) is 3.63. The lowest BCUT2D eigenvalue weighted by Gasteiger charge is -2.39. The minimum absolute atomic E-state index is 0.0777. The minimum Gasteiger partial charge on any atom is -0.465 e. The Morgan fingerprint density at radius 2 is 2.11 bits per heavy atom. The molecule has 3 heterocycles. The van der Waals surface area contributed by atoms with Crippen LogP contribution in [0.1, 0.15) is 52.8 Å². The molecule has 1 aromatic heterocycles. The van der Waals surface area contributed by atoms with Gasteiger partial charge in [0.2, 0.25) is 0 Å². The fraction of sp³-hybridized carbons (Fsp3) is 0.429. The highest BCUT2D eigenvalue weighted by Crippen LogP contribution is 2.51. The summed E-state index contributed by atoms with van der Waals surface area (Å²) in [6.07, 6.45) is 2.29. The van der Waals surface area contributed by atoms with Gasteiger partial charge >= 0.3 is 6.09 Å². The first-order valence-corrected chi connectivity index (χ1v) is 10.8. The summed E-state index contributed by atoms with van der Waals surface area (Å²) in [4.78, 5) is 26.0. The van der Waals surface area contributed by atoms with Crippen LogP contribution in [-0.2, 0) is 0 Å². The molecule has 1 aliphatic carbocycles. The lowest BCUT2D eigenvalue weighted by Crippen LogP contribution is -2.37. The molecule has 5 rings (SSSR count). The van der Waals surface area contributed by atoms with Crippen LogP contribution >= 0.6 is 11.3 Å². The second-order valence-electron chi connectivity index (χ2n) is 8.01. The number of hydrogen-bond donors (Lipinski definition) is 3. The van der Waals surface area contributed by atoms with Crippen LogP contribution < -0.4 is 10.6 Å². The lowest BCUT2D eigenvalue weighted by molar-refractivity contribution is 0.0951. The Morgan fingerprint density at radius 3 is 2.82 bits per heavy atom. The molecule has 3 unspecified atom stereocenters. The van der Waals surface area contributed by atoms with Crippen molar-refractivity contribution in [1.29, 1.82) is 0 Å². The number of likely N-dealkylation sites (tertiary alicyclic amines) is 1. The summed E-state index contributed by atoms with van der Waals surface area (Å²) in [6, 6.07) is 7.60. The highest BCUT2D eigenvalue weighted by Gasteiger charge is 2.46. The van der Waals surface area contributed by atoms with Gasteiger partial charge in [-0.3, -0.25) is 4.79 Å². The first-order valence-electron chi connectivity index (χ1n) is 9.82. The normalized spacial score (nSPS) is 25.6. The maximum Gasteiger partial charge on any atom is 0.407 e. The summed E-state index contributed by atoms with van der Waals surface area (Å²) in [7, 11) is 0. The SMILES string of the molecule is O=C(NCC1CC1)c1ccc2c(c1)C1C(CCN1C(=O)O)C(c1ccsc1)N2. The molecule has 0 bridgehead atoms. The van der Waals surface area contributed by atoms with E-state index in [2.05, 4.69) is 27.5 Å². The number of rotatable bonds is 4. The minimum atomic E-state index is -0.895. The molecular weight excluding hydrogens is 374 g/mol. The number of nitrogens with zero attached hydrogens (tertiary/aromatic N) is 1. The third-order valence-corrected chi connectivity index (χ3v) is 6.91. The predicted octanol–water partition coefficient (Wildman–Crippen LogP) is 4.10. The highest BCUT2D eigenvalue weighted by atomic mass is 32.1. The van der Waals surface area contributed by atoms with Crippen molar-refractivity contribution in [2.45, 2.75) is 31.3 Å². The molecule has 3 aliphatic rings. The first kappa shape index (κ1) is 17.6. The molecule has 2 aromatic rings. The van der Waals surface area contributed by atoms with Crippen molar-refractivity contribution in [2.24, 2.45) is 11.8 Å². The van der Waals surface area contributed by atoms with E-state index in [4.69, 9.17) is 0 Å². The average Bonchev–Trinajstić information content (AvgIpc) is 3.18. The third kappa shape index (κ3) is 3.03. The number of benzene rings is 1. The second-order valence-corrected chi connectivity index (χ2v) is 8.79. The Kier molecular flexibility index (Phi) is 4.27. The number of amides is 2. The van der Waals surface area contributed by atoms with E-state index in [1.165, 1.54) is 23.3 Å². The zero-order valence-electron chi connectivity index (χ0n) is 15.4. The van der Waals surface area contributed by atoms with E-state index in [9.17, 15) is 14.7 Å². The molecule has 1 saturated carbocycles. The standard InChI is InChI=1S/C21H23N3O3S/c25-20(22-10-12-1-2-12)13-3-4-17-16(9-13)19-15(5-7-24(19)21(26)27)18(23-17)14-6-8-28-11-14/h3-4,6,8-9,11-12,15,18-19,23H,1-2,5,7,10H2,(H,22,25)(H,26,27). The van der Waals surface area contributed by atoms with Crippen LogP contribution in [-0.4, -0.2) is 35.1 Å². The molecule has 146 valence electrons. The summed E-state index contributed by atoms with van der Waals surface area (Å²) in [5.74, 6) is 0.699. The van der Waals surface area contributed by atoms with Gasteiger partial charge in [-0.1, -0.05) is 0 Å². The van der Waals surface area contributed by atoms with Gasteiger partial charge in [0.1, 0.15) is 0 Å². The van der Waals surface area contributed by atoms with Crippen molar-refractivity contribution in [3.8, 4) is 0 Å². The van der Waals surface area contributed by atoms with Crippen molar-refractivity contribution in [1.82, 2.24) is 10.2 Å². The van der Waals surface area contributed by atoms with Gasteiger partial charge in [0.05, 0.1) is 12.1 Å².